The molecule has 4 rings (SSSR count). The van der Waals surface area contributed by atoms with Gasteiger partial charge in [0.25, 0.3) is 0 Å². The standard InChI is InChI=1S/C16H11N3O3S/c20-16(10-3-4-12-13(6-10)18-9-17-12)21-8-11-7-14(22-19-11)15-2-1-5-23-15/h1-7,9H,8H2,(H,17,18). The van der Waals surface area contributed by atoms with Crippen molar-refractivity contribution in [1.29, 1.82) is 0 Å². The highest BCUT2D eigenvalue weighted by Crippen LogP contribution is 2.25. The van der Waals surface area contributed by atoms with Gasteiger partial charge in [0.15, 0.2) is 5.76 Å². The summed E-state index contributed by atoms with van der Waals surface area (Å²) in [6.07, 6.45) is 1.58. The second-order valence-electron chi connectivity index (χ2n) is 4.87. The number of aromatic amines is 1. The van der Waals surface area contributed by atoms with Gasteiger partial charge in [0.2, 0.25) is 0 Å². The van der Waals surface area contributed by atoms with E-state index < -0.39 is 5.97 Å². The topological polar surface area (TPSA) is 81.0 Å². The number of hydrogen-bond donors (Lipinski definition) is 1. The minimum Gasteiger partial charge on any atom is -0.455 e. The molecule has 0 aliphatic rings. The average Bonchev–Trinajstić information content (AvgIpc) is 3.32. The number of aromatic nitrogens is 3. The minimum absolute atomic E-state index is 0.0642. The van der Waals surface area contributed by atoms with E-state index in [0.29, 0.717) is 17.0 Å². The fraction of sp³-hybridized carbons (Fsp3) is 0.0625. The van der Waals surface area contributed by atoms with Gasteiger partial charge < -0.3 is 14.2 Å². The van der Waals surface area contributed by atoms with Gasteiger partial charge in [0.1, 0.15) is 12.3 Å². The third-order valence-electron chi connectivity index (χ3n) is 3.33. The molecule has 6 nitrogen and oxygen atoms in total. The molecule has 4 aromatic rings. The first-order chi connectivity index (χ1) is 11.3. The smallest absolute Gasteiger partial charge is 0.338 e. The van der Waals surface area contributed by atoms with E-state index in [1.165, 1.54) is 0 Å². The van der Waals surface area contributed by atoms with Crippen LogP contribution in [0.2, 0.25) is 0 Å². The van der Waals surface area contributed by atoms with E-state index in [4.69, 9.17) is 9.26 Å². The van der Waals surface area contributed by atoms with Crippen molar-refractivity contribution in [2.75, 3.05) is 0 Å². The SMILES string of the molecule is O=C(OCc1cc(-c2cccs2)on1)c1ccc2nc[nH]c2c1. The molecule has 0 radical (unpaired) electrons. The van der Waals surface area contributed by atoms with Gasteiger partial charge in [0.05, 0.1) is 27.8 Å². The maximum atomic E-state index is 12.1. The number of imidazole rings is 1. The van der Waals surface area contributed by atoms with Gasteiger partial charge in [-0.05, 0) is 29.6 Å². The number of nitrogens with zero attached hydrogens (tertiary/aromatic N) is 2. The molecule has 1 aromatic carbocycles. The lowest BCUT2D eigenvalue weighted by Crippen LogP contribution is -2.05. The summed E-state index contributed by atoms with van der Waals surface area (Å²) in [7, 11) is 0. The van der Waals surface area contributed by atoms with Crippen LogP contribution in [0.25, 0.3) is 21.7 Å². The monoisotopic (exact) mass is 325 g/mol. The third kappa shape index (κ3) is 2.74. The number of carbonyl (C=O) groups excluding carboxylic acids is 1. The van der Waals surface area contributed by atoms with Crippen LogP contribution < -0.4 is 0 Å². The Hall–Kier alpha value is -2.93. The summed E-state index contributed by atoms with van der Waals surface area (Å²) in [5, 5.41) is 5.88. The molecule has 0 atom stereocenters. The molecule has 3 aromatic heterocycles. The number of esters is 1. The number of fused-ring (bicyclic) bond motifs is 1. The molecule has 1 N–H and O–H groups in total. The highest BCUT2D eigenvalue weighted by atomic mass is 32.1. The summed E-state index contributed by atoms with van der Waals surface area (Å²) in [5.74, 6) is 0.257. The van der Waals surface area contributed by atoms with E-state index in [0.717, 1.165) is 15.9 Å². The highest BCUT2D eigenvalue weighted by molar-refractivity contribution is 7.13. The largest absolute Gasteiger partial charge is 0.455 e. The fourth-order valence-electron chi connectivity index (χ4n) is 2.20. The van der Waals surface area contributed by atoms with E-state index in [2.05, 4.69) is 15.1 Å². The van der Waals surface area contributed by atoms with Crippen molar-refractivity contribution in [1.82, 2.24) is 15.1 Å². The lowest BCUT2D eigenvalue weighted by Gasteiger charge is -2.02. The molecule has 0 saturated heterocycles. The Bertz CT molecular complexity index is 956. The summed E-state index contributed by atoms with van der Waals surface area (Å²) < 4.78 is 10.5. The van der Waals surface area contributed by atoms with E-state index >= 15 is 0 Å². The lowest BCUT2D eigenvalue weighted by atomic mass is 10.2. The molecule has 0 fully saturated rings. The summed E-state index contributed by atoms with van der Waals surface area (Å²) >= 11 is 1.56. The molecular formula is C16H11N3O3S. The van der Waals surface area contributed by atoms with Gasteiger partial charge in [-0.25, -0.2) is 9.78 Å². The first-order valence-corrected chi connectivity index (χ1v) is 7.77. The first kappa shape index (κ1) is 13.7. The van der Waals surface area contributed by atoms with Crippen molar-refractivity contribution in [3.8, 4) is 10.6 Å². The van der Waals surface area contributed by atoms with Crippen LogP contribution in [0.5, 0.6) is 0 Å². The van der Waals surface area contributed by atoms with Gasteiger partial charge in [-0.3, -0.25) is 0 Å². The molecule has 3 heterocycles. The van der Waals surface area contributed by atoms with Crippen LogP contribution in [-0.2, 0) is 11.3 Å². The van der Waals surface area contributed by atoms with Gasteiger partial charge in [0, 0.05) is 6.07 Å². The molecule has 0 aliphatic heterocycles. The summed E-state index contributed by atoms with van der Waals surface area (Å²) in [6.45, 7) is 0.0642. The van der Waals surface area contributed by atoms with Crippen molar-refractivity contribution >= 4 is 28.3 Å². The van der Waals surface area contributed by atoms with E-state index in [1.54, 1.807) is 41.9 Å². The molecule has 0 spiro atoms. The van der Waals surface area contributed by atoms with Crippen LogP contribution in [0.1, 0.15) is 16.1 Å². The number of thiophene rings is 1. The Morgan fingerprint density at radius 3 is 3.13 bits per heavy atom. The van der Waals surface area contributed by atoms with Crippen LogP contribution in [-0.4, -0.2) is 21.1 Å². The lowest BCUT2D eigenvalue weighted by molar-refractivity contribution is 0.0464. The zero-order chi connectivity index (χ0) is 15.6. The average molecular weight is 325 g/mol. The summed E-state index contributed by atoms with van der Waals surface area (Å²) in [6, 6.07) is 10.8. The maximum absolute atomic E-state index is 12.1. The van der Waals surface area contributed by atoms with E-state index in [-0.39, 0.29) is 6.61 Å². The van der Waals surface area contributed by atoms with Crippen LogP contribution in [0.4, 0.5) is 0 Å². The number of rotatable bonds is 4. The second kappa shape index (κ2) is 5.69. The van der Waals surface area contributed by atoms with Gasteiger partial charge in [-0.15, -0.1) is 11.3 Å². The van der Waals surface area contributed by atoms with Crippen LogP contribution in [0, 0.1) is 0 Å². The van der Waals surface area contributed by atoms with Crippen molar-refractivity contribution in [2.45, 2.75) is 6.61 Å². The van der Waals surface area contributed by atoms with Crippen molar-refractivity contribution < 1.29 is 14.1 Å². The molecule has 0 aliphatic carbocycles. The molecule has 0 amide bonds. The Morgan fingerprint density at radius 1 is 1.30 bits per heavy atom. The molecule has 0 unspecified atom stereocenters. The predicted molar refractivity (Wildman–Crippen MR) is 85.0 cm³/mol. The number of ether oxygens (including phenoxy) is 1. The molecule has 0 saturated carbocycles. The fourth-order valence-corrected chi connectivity index (χ4v) is 2.87. The van der Waals surface area contributed by atoms with Gasteiger partial charge >= 0.3 is 5.97 Å². The first-order valence-electron chi connectivity index (χ1n) is 6.89. The minimum atomic E-state index is -0.415. The number of carbonyl (C=O) groups is 1. The number of hydrogen-bond acceptors (Lipinski definition) is 6. The Kier molecular flexibility index (Phi) is 3.39. The Morgan fingerprint density at radius 2 is 2.26 bits per heavy atom. The van der Waals surface area contributed by atoms with Crippen molar-refractivity contribution in [3.05, 3.63) is 59.4 Å². The molecule has 114 valence electrons. The number of benzene rings is 1. The van der Waals surface area contributed by atoms with Crippen LogP contribution in [0.15, 0.2) is 52.6 Å². The van der Waals surface area contributed by atoms with Gasteiger partial charge in [-0.1, -0.05) is 11.2 Å². The van der Waals surface area contributed by atoms with Crippen LogP contribution in [0.3, 0.4) is 0 Å². The maximum Gasteiger partial charge on any atom is 0.338 e. The van der Waals surface area contributed by atoms with E-state index in [1.807, 2.05) is 17.5 Å². The van der Waals surface area contributed by atoms with E-state index in [9.17, 15) is 4.79 Å². The Labute approximate surface area is 134 Å². The van der Waals surface area contributed by atoms with Crippen molar-refractivity contribution in [2.24, 2.45) is 0 Å². The number of nitrogens with one attached hydrogen (secondary N) is 1. The normalized spacial score (nSPS) is 11.0. The second-order valence-corrected chi connectivity index (χ2v) is 5.82. The number of H-pyrrole nitrogens is 1. The van der Waals surface area contributed by atoms with Crippen LogP contribution >= 0.6 is 11.3 Å². The summed E-state index contributed by atoms with van der Waals surface area (Å²) in [5.41, 5.74) is 2.63. The predicted octanol–water partition coefficient (Wildman–Crippen LogP) is 3.64. The quantitative estimate of drug-likeness (QED) is 0.579. The molecule has 23 heavy (non-hydrogen) atoms. The van der Waals surface area contributed by atoms with Crippen molar-refractivity contribution in [3.63, 3.8) is 0 Å². The highest BCUT2D eigenvalue weighted by Gasteiger charge is 2.12. The molecular weight excluding hydrogens is 314 g/mol. The molecule has 7 heteroatoms. The Balaban J connectivity index is 1.45. The zero-order valence-corrected chi connectivity index (χ0v) is 12.7. The van der Waals surface area contributed by atoms with Gasteiger partial charge in [-0.2, -0.15) is 0 Å². The summed E-state index contributed by atoms with van der Waals surface area (Å²) in [4.78, 5) is 20.2. The third-order valence-corrected chi connectivity index (χ3v) is 4.21. The molecule has 0 bridgehead atoms. The zero-order valence-electron chi connectivity index (χ0n) is 11.9.